The second kappa shape index (κ2) is 5.84. The average molecular weight is 290 g/mol. The van der Waals surface area contributed by atoms with Gasteiger partial charge in [-0.2, -0.15) is 0 Å². The number of fused-ring (bicyclic) bond motifs is 1. The first-order chi connectivity index (χ1) is 9.35. The van der Waals surface area contributed by atoms with Crippen LogP contribution in [0.3, 0.4) is 0 Å². The third-order valence-corrected chi connectivity index (χ3v) is 4.52. The summed E-state index contributed by atoms with van der Waals surface area (Å²) in [6, 6.07) is 8.35. The fraction of sp³-hybridized carbons (Fsp3) is 0.286. The van der Waals surface area contributed by atoms with Crippen LogP contribution < -0.4 is 4.74 Å². The molecular formula is C14H14N2OS2. The van der Waals surface area contributed by atoms with E-state index in [0.717, 1.165) is 34.7 Å². The summed E-state index contributed by atoms with van der Waals surface area (Å²) in [7, 11) is 0. The molecule has 1 aromatic carbocycles. The van der Waals surface area contributed by atoms with E-state index in [0.29, 0.717) is 0 Å². The van der Waals surface area contributed by atoms with Gasteiger partial charge in [0.15, 0.2) is 5.16 Å². The van der Waals surface area contributed by atoms with E-state index in [4.69, 9.17) is 4.74 Å². The summed E-state index contributed by atoms with van der Waals surface area (Å²) >= 11 is 3.31. The zero-order chi connectivity index (χ0) is 13.1. The Morgan fingerprint density at radius 2 is 2.26 bits per heavy atom. The van der Waals surface area contributed by atoms with Gasteiger partial charge in [-0.3, -0.25) is 0 Å². The van der Waals surface area contributed by atoms with Crippen LogP contribution in [0.5, 0.6) is 5.75 Å². The maximum absolute atomic E-state index is 5.51. The molecule has 1 aliphatic rings. The molecule has 0 saturated carbocycles. The number of aromatic nitrogens is 2. The summed E-state index contributed by atoms with van der Waals surface area (Å²) < 4.78 is 5.51. The van der Waals surface area contributed by atoms with Crippen molar-refractivity contribution in [1.29, 1.82) is 0 Å². The van der Waals surface area contributed by atoms with Gasteiger partial charge in [-0.25, -0.2) is 9.97 Å². The fourth-order valence-electron chi connectivity index (χ4n) is 1.99. The Balaban J connectivity index is 1.68. The molecule has 0 N–H and O–H groups in total. The summed E-state index contributed by atoms with van der Waals surface area (Å²) in [6.07, 6.45) is 4.86. The van der Waals surface area contributed by atoms with Crippen LogP contribution >= 0.6 is 23.5 Å². The third-order valence-electron chi connectivity index (χ3n) is 2.94. The number of ether oxygens (including phenoxy) is 1. The number of hydrogen-bond acceptors (Lipinski definition) is 5. The summed E-state index contributed by atoms with van der Waals surface area (Å²) in [5.41, 5.74) is 2.62. The van der Waals surface area contributed by atoms with Crippen LogP contribution in [0.15, 0.2) is 40.6 Å². The van der Waals surface area contributed by atoms with E-state index in [1.54, 1.807) is 23.5 Å². The first-order valence-electron chi connectivity index (χ1n) is 6.09. The zero-order valence-corrected chi connectivity index (χ0v) is 12.3. The Labute approximate surface area is 121 Å². The molecule has 0 unspecified atom stereocenters. The molecule has 19 heavy (non-hydrogen) atoms. The first kappa shape index (κ1) is 12.8. The summed E-state index contributed by atoms with van der Waals surface area (Å²) in [6.45, 7) is 0.810. The van der Waals surface area contributed by atoms with E-state index < -0.39 is 0 Å². The van der Waals surface area contributed by atoms with Crippen LogP contribution in [-0.4, -0.2) is 22.8 Å². The Hall–Kier alpha value is -1.20. The quantitative estimate of drug-likeness (QED) is 0.490. The maximum atomic E-state index is 5.51. The molecule has 0 saturated heterocycles. The predicted molar refractivity (Wildman–Crippen MR) is 79.0 cm³/mol. The van der Waals surface area contributed by atoms with Gasteiger partial charge in [0.2, 0.25) is 0 Å². The van der Waals surface area contributed by atoms with Crippen molar-refractivity contribution in [2.24, 2.45) is 0 Å². The van der Waals surface area contributed by atoms with E-state index in [-0.39, 0.29) is 0 Å². The largest absolute Gasteiger partial charge is 0.493 e. The molecule has 0 atom stereocenters. The van der Waals surface area contributed by atoms with Crippen LogP contribution in [0.4, 0.5) is 0 Å². The Bertz CT molecular complexity index is 589. The van der Waals surface area contributed by atoms with Crippen molar-refractivity contribution in [3.63, 3.8) is 0 Å². The van der Waals surface area contributed by atoms with Gasteiger partial charge in [0.1, 0.15) is 10.8 Å². The second-order valence-corrected chi connectivity index (χ2v) is 5.98. The van der Waals surface area contributed by atoms with Crippen molar-refractivity contribution in [1.82, 2.24) is 9.97 Å². The highest BCUT2D eigenvalue weighted by Crippen LogP contribution is 2.28. The summed E-state index contributed by atoms with van der Waals surface area (Å²) in [5, 5.41) is 1.85. The van der Waals surface area contributed by atoms with Crippen molar-refractivity contribution < 1.29 is 4.74 Å². The first-order valence-corrected chi connectivity index (χ1v) is 8.30. The zero-order valence-electron chi connectivity index (χ0n) is 10.6. The van der Waals surface area contributed by atoms with Gasteiger partial charge in [0.05, 0.1) is 6.61 Å². The Morgan fingerprint density at radius 1 is 1.32 bits per heavy atom. The fourth-order valence-corrected chi connectivity index (χ4v) is 3.19. The predicted octanol–water partition coefficient (Wildman–Crippen LogP) is 3.43. The maximum Gasteiger partial charge on any atom is 0.188 e. The third kappa shape index (κ3) is 3.04. The highest BCUT2D eigenvalue weighted by Gasteiger charge is 2.12. The van der Waals surface area contributed by atoms with Crippen LogP contribution in [0.1, 0.15) is 11.1 Å². The van der Waals surface area contributed by atoms with Crippen molar-refractivity contribution in [2.75, 3.05) is 12.9 Å². The van der Waals surface area contributed by atoms with Crippen LogP contribution in [0, 0.1) is 0 Å². The van der Waals surface area contributed by atoms with Gasteiger partial charge >= 0.3 is 0 Å². The molecule has 2 aromatic rings. The molecule has 5 heteroatoms. The molecule has 0 spiro atoms. The monoisotopic (exact) mass is 290 g/mol. The van der Waals surface area contributed by atoms with E-state index >= 15 is 0 Å². The molecule has 3 rings (SSSR count). The van der Waals surface area contributed by atoms with Crippen molar-refractivity contribution in [3.8, 4) is 5.75 Å². The normalized spacial score (nSPS) is 13.1. The number of nitrogens with zero attached hydrogens (tertiary/aromatic N) is 2. The molecule has 0 bridgehead atoms. The van der Waals surface area contributed by atoms with Crippen molar-refractivity contribution >= 4 is 23.5 Å². The standard InChI is InChI=1S/C14H14N2OS2/c1-18-13-4-6-15-14(16-13)19-9-10-2-3-12-11(8-10)5-7-17-12/h2-4,6,8H,5,7,9H2,1H3. The number of thioether (sulfide) groups is 2. The lowest BCUT2D eigenvalue weighted by Crippen LogP contribution is -1.89. The average Bonchev–Trinajstić information content (AvgIpc) is 2.93. The number of rotatable bonds is 4. The lowest BCUT2D eigenvalue weighted by Gasteiger charge is -2.04. The molecule has 1 aromatic heterocycles. The molecule has 0 radical (unpaired) electrons. The topological polar surface area (TPSA) is 35.0 Å². The van der Waals surface area contributed by atoms with Crippen LogP contribution in [0.25, 0.3) is 0 Å². The SMILES string of the molecule is CSc1ccnc(SCc2ccc3c(c2)CCO3)n1. The van der Waals surface area contributed by atoms with E-state index in [1.165, 1.54) is 11.1 Å². The van der Waals surface area contributed by atoms with E-state index in [1.807, 2.05) is 18.5 Å². The van der Waals surface area contributed by atoms with E-state index in [9.17, 15) is 0 Å². The molecule has 0 aliphatic carbocycles. The minimum atomic E-state index is 0.810. The van der Waals surface area contributed by atoms with Crippen LogP contribution in [0.2, 0.25) is 0 Å². The molecule has 1 aliphatic heterocycles. The van der Waals surface area contributed by atoms with Gasteiger partial charge in [0, 0.05) is 18.4 Å². The number of benzene rings is 1. The van der Waals surface area contributed by atoms with Gasteiger partial charge in [-0.15, -0.1) is 11.8 Å². The molecule has 3 nitrogen and oxygen atoms in total. The lowest BCUT2D eigenvalue weighted by atomic mass is 10.1. The minimum Gasteiger partial charge on any atom is -0.493 e. The molecular weight excluding hydrogens is 276 g/mol. The smallest absolute Gasteiger partial charge is 0.188 e. The van der Waals surface area contributed by atoms with Gasteiger partial charge in [0.25, 0.3) is 0 Å². The second-order valence-electron chi connectivity index (χ2n) is 4.21. The van der Waals surface area contributed by atoms with Crippen molar-refractivity contribution in [3.05, 3.63) is 41.6 Å². The van der Waals surface area contributed by atoms with Gasteiger partial charge < -0.3 is 4.74 Å². The molecule has 98 valence electrons. The highest BCUT2D eigenvalue weighted by molar-refractivity contribution is 7.99. The molecule has 2 heterocycles. The number of hydrogen-bond donors (Lipinski definition) is 0. The van der Waals surface area contributed by atoms with Gasteiger partial charge in [-0.1, -0.05) is 23.9 Å². The molecule has 0 fully saturated rings. The summed E-state index contributed by atoms with van der Waals surface area (Å²) in [4.78, 5) is 8.76. The lowest BCUT2D eigenvalue weighted by molar-refractivity contribution is 0.357. The van der Waals surface area contributed by atoms with Crippen molar-refractivity contribution in [2.45, 2.75) is 22.4 Å². The Kier molecular flexibility index (Phi) is 3.94. The molecule has 0 amide bonds. The Morgan fingerprint density at radius 3 is 3.16 bits per heavy atom. The van der Waals surface area contributed by atoms with Gasteiger partial charge in [-0.05, 0) is 29.5 Å². The highest BCUT2D eigenvalue weighted by atomic mass is 32.2. The summed E-state index contributed by atoms with van der Waals surface area (Å²) in [5.74, 6) is 1.93. The van der Waals surface area contributed by atoms with E-state index in [2.05, 4.69) is 28.2 Å². The minimum absolute atomic E-state index is 0.810. The van der Waals surface area contributed by atoms with Crippen LogP contribution in [-0.2, 0) is 12.2 Å².